The number of rotatable bonds is 10. The molecule has 11 heteroatoms. The fraction of sp³-hybridized carbons (Fsp3) is 0.353. The molecular weight excluding hydrogens is 564 g/mol. The number of nitrogens with two attached hydrogens (primary N) is 1. The minimum absolute atomic E-state index is 0.160. The molecule has 1 fully saturated rings. The molecule has 4 heterocycles. The maximum absolute atomic E-state index is 12.6. The molecule has 0 radical (unpaired) electrons. The highest BCUT2D eigenvalue weighted by atomic mass is 16.1. The van der Waals surface area contributed by atoms with Crippen molar-refractivity contribution in [2.45, 2.75) is 45.2 Å². The number of aromatic amines is 1. The Morgan fingerprint density at radius 2 is 1.93 bits per heavy atom. The zero-order chi connectivity index (χ0) is 31.5. The second-order valence-electron chi connectivity index (χ2n) is 12.3. The molecule has 1 saturated heterocycles. The molecule has 0 aliphatic carbocycles. The number of amides is 1. The molecule has 0 atom stereocenters. The summed E-state index contributed by atoms with van der Waals surface area (Å²) in [5.74, 6) is 1.47. The highest BCUT2D eigenvalue weighted by Gasteiger charge is 2.22. The van der Waals surface area contributed by atoms with E-state index in [9.17, 15) is 4.79 Å². The lowest BCUT2D eigenvalue weighted by molar-refractivity contribution is -0.111. The Hall–Kier alpha value is -4.74. The van der Waals surface area contributed by atoms with E-state index in [-0.39, 0.29) is 17.9 Å². The van der Waals surface area contributed by atoms with Crippen LogP contribution in [0, 0.1) is 0 Å². The van der Waals surface area contributed by atoms with Crippen LogP contribution >= 0.6 is 0 Å². The van der Waals surface area contributed by atoms with E-state index >= 15 is 0 Å². The van der Waals surface area contributed by atoms with Crippen LogP contribution < -0.4 is 21.3 Å². The maximum Gasteiger partial charge on any atom is 0.248 e. The molecule has 234 valence electrons. The van der Waals surface area contributed by atoms with Gasteiger partial charge in [-0.2, -0.15) is 19.6 Å². The van der Waals surface area contributed by atoms with Gasteiger partial charge in [0, 0.05) is 60.5 Å². The monoisotopic (exact) mass is 606 g/mol. The van der Waals surface area contributed by atoms with Crippen LogP contribution in [0.1, 0.15) is 43.7 Å². The summed E-state index contributed by atoms with van der Waals surface area (Å²) in [6.07, 6.45) is 7.15. The number of likely N-dealkylation sites (N-methyl/N-ethyl adjacent to an activating group) is 1. The van der Waals surface area contributed by atoms with Crippen LogP contribution in [-0.4, -0.2) is 75.1 Å². The Labute approximate surface area is 263 Å². The smallest absolute Gasteiger partial charge is 0.248 e. The average Bonchev–Trinajstić information content (AvgIpc) is 3.66. The standard InChI is InChI=1S/C34H42N10O/c1-22(2)27-21-37-44-32(27)40-34(43-17-14-25(35)15-18-43)41-33(44)36-20-24-9-5-6-11-26(24)29-19-23-10-7-12-28(31(23)39-29)38-30(45)13-8-16-42(3)4/h5-13,19,21-22,25,39H,14-18,20,35H2,1-4H3,(H,38,45)(H,36,40,41)/b13-8+. The Bertz CT molecular complexity index is 1830. The molecular formula is C34H42N10O. The first kappa shape index (κ1) is 30.3. The number of H-pyrrole nitrogens is 1. The summed E-state index contributed by atoms with van der Waals surface area (Å²) < 4.78 is 1.81. The van der Waals surface area contributed by atoms with E-state index in [1.807, 2.05) is 66.1 Å². The summed E-state index contributed by atoms with van der Waals surface area (Å²) in [6.45, 7) is 7.20. The predicted molar refractivity (Wildman–Crippen MR) is 182 cm³/mol. The lowest BCUT2D eigenvalue weighted by atomic mass is 10.0. The van der Waals surface area contributed by atoms with Crippen molar-refractivity contribution in [2.75, 3.05) is 49.3 Å². The van der Waals surface area contributed by atoms with Gasteiger partial charge in [0.1, 0.15) is 0 Å². The fourth-order valence-corrected chi connectivity index (χ4v) is 5.71. The zero-order valence-electron chi connectivity index (χ0n) is 26.4. The number of carbonyl (C=O) groups excluding carboxylic acids is 1. The topological polar surface area (TPSA) is 132 Å². The molecule has 0 unspecified atom stereocenters. The first-order valence-electron chi connectivity index (χ1n) is 15.6. The van der Waals surface area contributed by atoms with Gasteiger partial charge in [0.2, 0.25) is 17.8 Å². The SMILES string of the molecule is CC(C)c1cnn2c(NCc3ccccc3-c3cc4cccc(NC(=O)/C=C/CN(C)C)c4[nH]3)nc(N3CCC(N)CC3)nc12. The summed E-state index contributed by atoms with van der Waals surface area (Å²) in [7, 11) is 3.93. The molecule has 0 saturated carbocycles. The Balaban J connectivity index is 1.28. The van der Waals surface area contributed by atoms with E-state index in [4.69, 9.17) is 15.7 Å². The van der Waals surface area contributed by atoms with Crippen LogP contribution in [0.15, 0.2) is 66.9 Å². The number of hydrogen-bond donors (Lipinski definition) is 4. The van der Waals surface area contributed by atoms with Crippen molar-refractivity contribution >= 4 is 40.0 Å². The van der Waals surface area contributed by atoms with Crippen molar-refractivity contribution in [3.8, 4) is 11.3 Å². The molecule has 1 aliphatic rings. The summed E-state index contributed by atoms with van der Waals surface area (Å²) >= 11 is 0. The fourth-order valence-electron chi connectivity index (χ4n) is 5.71. The predicted octanol–water partition coefficient (Wildman–Crippen LogP) is 4.99. The highest BCUT2D eigenvalue weighted by molar-refractivity contribution is 6.06. The van der Waals surface area contributed by atoms with Crippen LogP contribution in [0.2, 0.25) is 0 Å². The second kappa shape index (κ2) is 13.1. The summed E-state index contributed by atoms with van der Waals surface area (Å²) in [5.41, 5.74) is 12.8. The van der Waals surface area contributed by atoms with E-state index in [1.54, 1.807) is 6.08 Å². The van der Waals surface area contributed by atoms with Gasteiger partial charge in [0.05, 0.1) is 17.4 Å². The lowest BCUT2D eigenvalue weighted by Gasteiger charge is -2.30. The van der Waals surface area contributed by atoms with Crippen molar-refractivity contribution in [1.29, 1.82) is 0 Å². The molecule has 2 aromatic carbocycles. The van der Waals surface area contributed by atoms with Crippen LogP contribution in [-0.2, 0) is 11.3 Å². The number of para-hydroxylation sites is 1. The third kappa shape index (κ3) is 6.69. The Morgan fingerprint density at radius 3 is 2.71 bits per heavy atom. The number of hydrogen-bond acceptors (Lipinski definition) is 8. The van der Waals surface area contributed by atoms with E-state index in [1.165, 1.54) is 0 Å². The number of piperidine rings is 1. The number of nitrogens with zero attached hydrogens (tertiary/aromatic N) is 6. The highest BCUT2D eigenvalue weighted by Crippen LogP contribution is 2.31. The number of carbonyl (C=O) groups is 1. The van der Waals surface area contributed by atoms with Crippen LogP contribution in [0.4, 0.5) is 17.6 Å². The number of anilines is 3. The molecule has 1 aliphatic heterocycles. The minimum Gasteiger partial charge on any atom is -0.353 e. The van der Waals surface area contributed by atoms with E-state index in [0.29, 0.717) is 25.0 Å². The van der Waals surface area contributed by atoms with Gasteiger partial charge in [-0.3, -0.25) is 4.79 Å². The van der Waals surface area contributed by atoms with Gasteiger partial charge in [-0.25, -0.2) is 0 Å². The molecule has 5 aromatic rings. The Kier molecular flexibility index (Phi) is 8.81. The molecule has 0 bridgehead atoms. The number of nitrogens with one attached hydrogen (secondary N) is 3. The third-order valence-corrected chi connectivity index (χ3v) is 8.23. The van der Waals surface area contributed by atoms with Gasteiger partial charge < -0.3 is 31.2 Å². The largest absolute Gasteiger partial charge is 0.353 e. The zero-order valence-corrected chi connectivity index (χ0v) is 26.4. The van der Waals surface area contributed by atoms with E-state index in [0.717, 1.165) is 70.6 Å². The number of fused-ring (bicyclic) bond motifs is 2. The van der Waals surface area contributed by atoms with Crippen molar-refractivity contribution in [3.63, 3.8) is 0 Å². The van der Waals surface area contributed by atoms with E-state index < -0.39 is 0 Å². The van der Waals surface area contributed by atoms with Crippen molar-refractivity contribution in [1.82, 2.24) is 29.5 Å². The first-order chi connectivity index (χ1) is 21.8. The van der Waals surface area contributed by atoms with Crippen LogP contribution in [0.5, 0.6) is 0 Å². The average molecular weight is 607 g/mol. The quantitative estimate of drug-likeness (QED) is 0.164. The third-order valence-electron chi connectivity index (χ3n) is 8.23. The molecule has 1 amide bonds. The van der Waals surface area contributed by atoms with E-state index in [2.05, 4.69) is 57.7 Å². The van der Waals surface area contributed by atoms with Gasteiger partial charge in [-0.15, -0.1) is 0 Å². The summed E-state index contributed by atoms with van der Waals surface area (Å²) in [5, 5.41) is 12.3. The van der Waals surface area contributed by atoms with Gasteiger partial charge >= 0.3 is 0 Å². The second-order valence-corrected chi connectivity index (χ2v) is 12.3. The van der Waals surface area contributed by atoms with Gasteiger partial charge in [-0.1, -0.05) is 56.3 Å². The van der Waals surface area contributed by atoms with Gasteiger partial charge in [-0.05, 0) is 50.6 Å². The summed E-state index contributed by atoms with van der Waals surface area (Å²) in [4.78, 5) is 30.3. The van der Waals surface area contributed by atoms with Gasteiger partial charge in [0.25, 0.3) is 0 Å². The van der Waals surface area contributed by atoms with Crippen LogP contribution in [0.3, 0.4) is 0 Å². The molecule has 3 aromatic heterocycles. The number of aromatic nitrogens is 5. The molecule has 6 rings (SSSR count). The molecule has 0 spiro atoms. The van der Waals surface area contributed by atoms with Crippen molar-refractivity contribution < 1.29 is 4.79 Å². The molecule has 5 N–H and O–H groups in total. The molecule has 11 nitrogen and oxygen atoms in total. The van der Waals surface area contributed by atoms with Gasteiger partial charge in [0.15, 0.2) is 5.65 Å². The summed E-state index contributed by atoms with van der Waals surface area (Å²) in [6, 6.07) is 16.5. The lowest BCUT2D eigenvalue weighted by Crippen LogP contribution is -2.40. The Morgan fingerprint density at radius 1 is 1.13 bits per heavy atom. The maximum atomic E-state index is 12.6. The van der Waals surface area contributed by atoms with Crippen LogP contribution in [0.25, 0.3) is 27.8 Å². The minimum atomic E-state index is -0.160. The first-order valence-corrected chi connectivity index (χ1v) is 15.6. The molecule has 45 heavy (non-hydrogen) atoms. The normalized spacial score (nSPS) is 14.4. The van der Waals surface area contributed by atoms with Crippen molar-refractivity contribution in [2.24, 2.45) is 5.73 Å². The number of benzene rings is 2. The van der Waals surface area contributed by atoms with Crippen molar-refractivity contribution in [3.05, 3.63) is 78.0 Å².